The molecule has 1 heterocycles. The van der Waals surface area contributed by atoms with Crippen molar-refractivity contribution in [2.75, 3.05) is 32.8 Å². The van der Waals surface area contributed by atoms with E-state index in [0.717, 1.165) is 42.3 Å². The van der Waals surface area contributed by atoms with Crippen LogP contribution < -0.4 is 10.5 Å². The molecule has 1 aliphatic heterocycles. The minimum Gasteiger partial charge on any atom is -0.492 e. The van der Waals surface area contributed by atoms with Crippen LogP contribution in [0.4, 0.5) is 0 Å². The molecular formula is C15H24BrClN2O. The molecule has 114 valence electrons. The van der Waals surface area contributed by atoms with Crippen LogP contribution in [0.2, 0.25) is 0 Å². The molecule has 5 heteroatoms. The first-order valence-corrected chi connectivity index (χ1v) is 7.88. The number of hydrogen-bond donors (Lipinski definition) is 1. The summed E-state index contributed by atoms with van der Waals surface area (Å²) < 4.78 is 6.85. The van der Waals surface area contributed by atoms with Gasteiger partial charge in [0.2, 0.25) is 0 Å². The lowest BCUT2D eigenvalue weighted by Gasteiger charge is -2.32. The number of halogens is 2. The van der Waals surface area contributed by atoms with Crippen LogP contribution in [0.15, 0.2) is 28.7 Å². The summed E-state index contributed by atoms with van der Waals surface area (Å²) >= 11 is 3.45. The lowest BCUT2D eigenvalue weighted by atomic mass is 9.95. The highest BCUT2D eigenvalue weighted by molar-refractivity contribution is 9.10. The van der Waals surface area contributed by atoms with Crippen molar-refractivity contribution in [1.29, 1.82) is 0 Å². The number of nitrogens with two attached hydrogens (primary N) is 1. The Kier molecular flexibility index (Phi) is 8.53. The summed E-state index contributed by atoms with van der Waals surface area (Å²) in [5, 5.41) is 0. The minimum absolute atomic E-state index is 0. The number of rotatable bonds is 6. The van der Waals surface area contributed by atoms with Crippen molar-refractivity contribution in [3.05, 3.63) is 28.7 Å². The highest BCUT2D eigenvalue weighted by Gasteiger charge is 2.18. The van der Waals surface area contributed by atoms with Crippen molar-refractivity contribution in [1.82, 2.24) is 4.90 Å². The lowest BCUT2D eigenvalue weighted by Crippen LogP contribution is -2.38. The van der Waals surface area contributed by atoms with Gasteiger partial charge in [-0.25, -0.2) is 0 Å². The van der Waals surface area contributed by atoms with Crippen LogP contribution in [0.25, 0.3) is 0 Å². The standard InChI is InChI=1S/C15H23BrN2O.ClH/c16-14-4-1-5-15(11-14)19-10-9-18-8-2-3-13(12-18)6-7-17;/h1,4-5,11,13H,2-3,6-10,12,17H2;1H. The summed E-state index contributed by atoms with van der Waals surface area (Å²) in [5.74, 6) is 1.72. The van der Waals surface area contributed by atoms with E-state index in [2.05, 4.69) is 20.8 Å². The first kappa shape index (κ1) is 17.8. The largest absolute Gasteiger partial charge is 0.492 e. The maximum absolute atomic E-state index is 5.79. The summed E-state index contributed by atoms with van der Waals surface area (Å²) in [6, 6.07) is 8.01. The minimum atomic E-state index is 0. The quantitative estimate of drug-likeness (QED) is 0.842. The van der Waals surface area contributed by atoms with Crippen molar-refractivity contribution in [2.24, 2.45) is 11.7 Å². The second-order valence-corrected chi connectivity index (χ2v) is 6.11. The molecule has 1 aromatic rings. The number of ether oxygens (including phenoxy) is 1. The Morgan fingerprint density at radius 1 is 1.40 bits per heavy atom. The molecule has 1 aromatic carbocycles. The Morgan fingerprint density at radius 2 is 2.25 bits per heavy atom. The fourth-order valence-corrected chi connectivity index (χ4v) is 3.05. The van der Waals surface area contributed by atoms with Gasteiger partial charge < -0.3 is 10.5 Å². The average Bonchev–Trinajstić information content (AvgIpc) is 2.40. The van der Waals surface area contributed by atoms with E-state index in [-0.39, 0.29) is 12.4 Å². The van der Waals surface area contributed by atoms with Crippen LogP contribution in [-0.4, -0.2) is 37.7 Å². The molecule has 1 unspecified atom stereocenters. The molecule has 2 N–H and O–H groups in total. The molecule has 3 nitrogen and oxygen atoms in total. The third kappa shape index (κ3) is 6.00. The van der Waals surface area contributed by atoms with Crippen LogP contribution in [-0.2, 0) is 0 Å². The molecule has 0 aromatic heterocycles. The van der Waals surface area contributed by atoms with Crippen molar-refractivity contribution >= 4 is 28.3 Å². The molecule has 1 fully saturated rings. The monoisotopic (exact) mass is 362 g/mol. The highest BCUT2D eigenvalue weighted by Crippen LogP contribution is 2.20. The van der Waals surface area contributed by atoms with Crippen molar-refractivity contribution in [3.63, 3.8) is 0 Å². The zero-order valence-corrected chi connectivity index (χ0v) is 14.2. The highest BCUT2D eigenvalue weighted by atomic mass is 79.9. The first-order valence-electron chi connectivity index (χ1n) is 7.08. The molecule has 0 spiro atoms. The molecule has 2 rings (SSSR count). The van der Waals surface area contributed by atoms with Crippen LogP contribution in [0.3, 0.4) is 0 Å². The zero-order chi connectivity index (χ0) is 13.5. The first-order chi connectivity index (χ1) is 9.28. The van der Waals surface area contributed by atoms with Gasteiger partial charge in [0.05, 0.1) is 0 Å². The maximum Gasteiger partial charge on any atom is 0.120 e. The molecule has 1 aliphatic rings. The van der Waals surface area contributed by atoms with Gasteiger partial charge in [0.1, 0.15) is 12.4 Å². The molecule has 1 atom stereocenters. The molecule has 20 heavy (non-hydrogen) atoms. The molecular weight excluding hydrogens is 340 g/mol. The number of hydrogen-bond acceptors (Lipinski definition) is 3. The molecule has 0 aliphatic carbocycles. The summed E-state index contributed by atoms with van der Waals surface area (Å²) in [5.41, 5.74) is 5.65. The van der Waals surface area contributed by atoms with Crippen LogP contribution in [0, 0.1) is 5.92 Å². The normalized spacial score (nSPS) is 19.4. The van der Waals surface area contributed by atoms with Gasteiger partial charge in [0.25, 0.3) is 0 Å². The Labute approximate surface area is 136 Å². The second-order valence-electron chi connectivity index (χ2n) is 5.19. The fourth-order valence-electron chi connectivity index (χ4n) is 2.68. The Balaban J connectivity index is 0.00000200. The van der Waals surface area contributed by atoms with Gasteiger partial charge in [-0.05, 0) is 56.5 Å². The predicted octanol–water partition coefficient (Wildman–Crippen LogP) is 3.31. The van der Waals surface area contributed by atoms with Gasteiger partial charge in [0.15, 0.2) is 0 Å². The SMILES string of the molecule is Cl.NCCC1CCCN(CCOc2cccc(Br)c2)C1. The number of benzene rings is 1. The van der Waals surface area contributed by atoms with Gasteiger partial charge in [0, 0.05) is 17.6 Å². The van der Waals surface area contributed by atoms with Gasteiger partial charge in [-0.3, -0.25) is 4.90 Å². The number of piperidine rings is 1. The Morgan fingerprint density at radius 3 is 3.00 bits per heavy atom. The molecule has 1 saturated heterocycles. The maximum atomic E-state index is 5.79. The van der Waals surface area contributed by atoms with Gasteiger partial charge in [-0.2, -0.15) is 0 Å². The molecule has 0 radical (unpaired) electrons. The van der Waals surface area contributed by atoms with E-state index in [4.69, 9.17) is 10.5 Å². The predicted molar refractivity (Wildman–Crippen MR) is 89.7 cm³/mol. The summed E-state index contributed by atoms with van der Waals surface area (Å²) in [6.07, 6.45) is 3.78. The Hall–Kier alpha value is -0.290. The van der Waals surface area contributed by atoms with E-state index < -0.39 is 0 Å². The fraction of sp³-hybridized carbons (Fsp3) is 0.600. The third-order valence-electron chi connectivity index (χ3n) is 3.65. The lowest BCUT2D eigenvalue weighted by molar-refractivity contribution is 0.144. The smallest absolute Gasteiger partial charge is 0.120 e. The summed E-state index contributed by atoms with van der Waals surface area (Å²) in [4.78, 5) is 2.50. The number of likely N-dealkylation sites (tertiary alicyclic amines) is 1. The van der Waals surface area contributed by atoms with Crippen molar-refractivity contribution < 1.29 is 4.74 Å². The topological polar surface area (TPSA) is 38.5 Å². The summed E-state index contributed by atoms with van der Waals surface area (Å²) in [7, 11) is 0. The second kappa shape index (κ2) is 9.61. The van der Waals surface area contributed by atoms with Gasteiger partial charge in [-0.1, -0.05) is 22.0 Å². The van der Waals surface area contributed by atoms with E-state index in [0.29, 0.717) is 0 Å². The van der Waals surface area contributed by atoms with E-state index >= 15 is 0 Å². The Bertz CT molecular complexity index is 390. The van der Waals surface area contributed by atoms with Crippen LogP contribution >= 0.6 is 28.3 Å². The molecule has 0 bridgehead atoms. The molecule has 0 saturated carbocycles. The van der Waals surface area contributed by atoms with Gasteiger partial charge >= 0.3 is 0 Å². The van der Waals surface area contributed by atoms with Crippen LogP contribution in [0.5, 0.6) is 5.75 Å². The van der Waals surface area contributed by atoms with Crippen LogP contribution in [0.1, 0.15) is 19.3 Å². The van der Waals surface area contributed by atoms with E-state index in [1.807, 2.05) is 24.3 Å². The summed E-state index contributed by atoms with van der Waals surface area (Å²) in [6.45, 7) is 4.95. The zero-order valence-electron chi connectivity index (χ0n) is 11.8. The average molecular weight is 364 g/mol. The number of nitrogens with zero attached hydrogens (tertiary/aromatic N) is 1. The third-order valence-corrected chi connectivity index (χ3v) is 4.14. The van der Waals surface area contributed by atoms with Gasteiger partial charge in [-0.15, -0.1) is 12.4 Å². The van der Waals surface area contributed by atoms with E-state index in [1.54, 1.807) is 0 Å². The van der Waals surface area contributed by atoms with Crippen molar-refractivity contribution in [2.45, 2.75) is 19.3 Å². The van der Waals surface area contributed by atoms with E-state index in [1.165, 1.54) is 25.9 Å². The molecule has 0 amide bonds. The van der Waals surface area contributed by atoms with Crippen molar-refractivity contribution in [3.8, 4) is 5.75 Å². The van der Waals surface area contributed by atoms with E-state index in [9.17, 15) is 0 Å².